The number of hydrogen-bond donors (Lipinski definition) is 0. The summed E-state index contributed by atoms with van der Waals surface area (Å²) in [7, 11) is 0. The third kappa shape index (κ3) is 4.31. The Morgan fingerprint density at radius 2 is 2.27 bits per heavy atom. The van der Waals surface area contributed by atoms with E-state index in [9.17, 15) is 4.79 Å². The lowest BCUT2D eigenvalue weighted by molar-refractivity contribution is -0.118. The Balaban J connectivity index is 2.17. The second-order valence-corrected chi connectivity index (χ2v) is 4.65. The second-order valence-electron chi connectivity index (χ2n) is 4.65. The monoisotopic (exact) mass is 213 g/mol. The number of nitrogens with zero attached hydrogens (tertiary/aromatic N) is 1. The third-order valence-electron chi connectivity index (χ3n) is 2.99. The molecule has 0 saturated carbocycles. The van der Waals surface area contributed by atoms with Crippen molar-refractivity contribution in [2.75, 3.05) is 19.8 Å². The molecule has 1 heterocycles. The minimum Gasteiger partial charge on any atom is -0.379 e. The number of carbonyl (C=O) groups excluding carboxylic acids is 1. The molecule has 1 aliphatic rings. The number of ketones is 1. The first-order valence-electron chi connectivity index (χ1n) is 5.94. The average Bonchev–Trinajstić information content (AvgIpc) is 2.60. The Morgan fingerprint density at radius 3 is 2.87 bits per heavy atom. The largest absolute Gasteiger partial charge is 0.379 e. The van der Waals surface area contributed by atoms with Crippen LogP contribution >= 0.6 is 0 Å². The van der Waals surface area contributed by atoms with Gasteiger partial charge in [-0.1, -0.05) is 0 Å². The highest BCUT2D eigenvalue weighted by Gasteiger charge is 2.26. The van der Waals surface area contributed by atoms with E-state index in [1.165, 1.54) is 19.4 Å². The smallest absolute Gasteiger partial charge is 0.132 e. The molecule has 3 nitrogen and oxygen atoms in total. The fraction of sp³-hybridized carbons (Fsp3) is 0.917. The first-order chi connectivity index (χ1) is 7.11. The number of likely N-dealkylation sites (tertiary alicyclic amines) is 1. The average molecular weight is 213 g/mol. The van der Waals surface area contributed by atoms with Gasteiger partial charge in [0.05, 0.1) is 13.2 Å². The van der Waals surface area contributed by atoms with Gasteiger partial charge < -0.3 is 4.74 Å². The van der Waals surface area contributed by atoms with E-state index in [1.807, 2.05) is 0 Å². The van der Waals surface area contributed by atoms with Gasteiger partial charge in [0.25, 0.3) is 0 Å². The summed E-state index contributed by atoms with van der Waals surface area (Å²) in [6.45, 7) is 8.63. The molecule has 0 aliphatic carbocycles. The molecule has 0 unspecified atom stereocenters. The number of ether oxygens (including phenoxy) is 1. The lowest BCUT2D eigenvalue weighted by Crippen LogP contribution is -2.38. The summed E-state index contributed by atoms with van der Waals surface area (Å²) in [6, 6.07) is 1.17. The van der Waals surface area contributed by atoms with Crippen LogP contribution in [0.1, 0.15) is 40.0 Å². The van der Waals surface area contributed by atoms with Crippen LogP contribution in [0.4, 0.5) is 0 Å². The van der Waals surface area contributed by atoms with Gasteiger partial charge in [-0.05, 0) is 40.2 Å². The summed E-state index contributed by atoms with van der Waals surface area (Å²) >= 11 is 0. The van der Waals surface area contributed by atoms with Gasteiger partial charge in [-0.25, -0.2) is 0 Å². The number of carbonyl (C=O) groups is 1. The van der Waals surface area contributed by atoms with E-state index < -0.39 is 0 Å². The van der Waals surface area contributed by atoms with Crippen LogP contribution in [0.25, 0.3) is 0 Å². The van der Waals surface area contributed by atoms with Crippen LogP contribution < -0.4 is 0 Å². The summed E-state index contributed by atoms with van der Waals surface area (Å²) in [5.41, 5.74) is 0. The van der Waals surface area contributed by atoms with E-state index in [4.69, 9.17) is 4.74 Å². The SMILES string of the molecule is CC(=O)CCOC[C@H]1CCCN1C(C)C. The van der Waals surface area contributed by atoms with Crippen molar-refractivity contribution in [2.45, 2.75) is 52.1 Å². The molecule has 3 heteroatoms. The van der Waals surface area contributed by atoms with E-state index in [0.29, 0.717) is 25.1 Å². The molecule has 0 spiro atoms. The summed E-state index contributed by atoms with van der Waals surface area (Å²) in [6.07, 6.45) is 3.06. The van der Waals surface area contributed by atoms with Crippen molar-refractivity contribution in [3.63, 3.8) is 0 Å². The number of Topliss-reactive ketones (excluding diaryl/α,β-unsaturated/α-hetero) is 1. The Kier molecular flexibility index (Phi) is 5.26. The molecule has 1 aliphatic heterocycles. The standard InChI is InChI=1S/C12H23NO2/c1-10(2)13-7-4-5-12(13)9-15-8-6-11(3)14/h10,12H,4-9H2,1-3H3/t12-/m1/s1. The highest BCUT2D eigenvalue weighted by atomic mass is 16.5. The number of hydrogen-bond acceptors (Lipinski definition) is 3. The Labute approximate surface area is 92.8 Å². The van der Waals surface area contributed by atoms with Crippen LogP contribution in [0.15, 0.2) is 0 Å². The molecule has 1 atom stereocenters. The van der Waals surface area contributed by atoms with Crippen LogP contribution in [-0.2, 0) is 9.53 Å². The van der Waals surface area contributed by atoms with Gasteiger partial charge in [-0.15, -0.1) is 0 Å². The van der Waals surface area contributed by atoms with E-state index in [1.54, 1.807) is 6.92 Å². The molecular formula is C12H23NO2. The summed E-state index contributed by atoms with van der Waals surface area (Å²) in [5.74, 6) is 0.210. The van der Waals surface area contributed by atoms with Gasteiger partial charge in [0.15, 0.2) is 0 Å². The Morgan fingerprint density at radius 1 is 1.53 bits per heavy atom. The van der Waals surface area contributed by atoms with Gasteiger partial charge >= 0.3 is 0 Å². The van der Waals surface area contributed by atoms with Gasteiger partial charge in [0.2, 0.25) is 0 Å². The van der Waals surface area contributed by atoms with E-state index in [0.717, 1.165) is 6.61 Å². The van der Waals surface area contributed by atoms with Crippen molar-refractivity contribution in [1.82, 2.24) is 4.90 Å². The van der Waals surface area contributed by atoms with Gasteiger partial charge in [0.1, 0.15) is 5.78 Å². The van der Waals surface area contributed by atoms with E-state index >= 15 is 0 Å². The molecule has 15 heavy (non-hydrogen) atoms. The molecule has 0 aromatic heterocycles. The molecule has 88 valence electrons. The van der Waals surface area contributed by atoms with Gasteiger partial charge in [-0.2, -0.15) is 0 Å². The molecule has 0 radical (unpaired) electrons. The molecule has 1 saturated heterocycles. The minimum atomic E-state index is 0.210. The maximum Gasteiger partial charge on any atom is 0.132 e. The van der Waals surface area contributed by atoms with Crippen molar-refractivity contribution < 1.29 is 9.53 Å². The van der Waals surface area contributed by atoms with Gasteiger partial charge in [-0.3, -0.25) is 9.69 Å². The maximum atomic E-state index is 10.7. The lowest BCUT2D eigenvalue weighted by atomic mass is 10.2. The minimum absolute atomic E-state index is 0.210. The molecule has 1 fully saturated rings. The first-order valence-corrected chi connectivity index (χ1v) is 5.94. The van der Waals surface area contributed by atoms with Crippen LogP contribution in [0.3, 0.4) is 0 Å². The number of rotatable bonds is 6. The Bertz CT molecular complexity index is 204. The fourth-order valence-electron chi connectivity index (χ4n) is 2.15. The summed E-state index contributed by atoms with van der Waals surface area (Å²) in [5, 5.41) is 0. The normalized spacial score (nSPS) is 22.5. The zero-order valence-corrected chi connectivity index (χ0v) is 10.2. The van der Waals surface area contributed by atoms with E-state index in [-0.39, 0.29) is 5.78 Å². The highest BCUT2D eigenvalue weighted by Crippen LogP contribution is 2.19. The topological polar surface area (TPSA) is 29.5 Å². The molecule has 0 bridgehead atoms. The van der Waals surface area contributed by atoms with Crippen LogP contribution in [-0.4, -0.2) is 42.5 Å². The van der Waals surface area contributed by atoms with E-state index in [2.05, 4.69) is 18.7 Å². The Hall–Kier alpha value is -0.410. The van der Waals surface area contributed by atoms with Crippen molar-refractivity contribution >= 4 is 5.78 Å². The van der Waals surface area contributed by atoms with Crippen LogP contribution in [0.5, 0.6) is 0 Å². The van der Waals surface area contributed by atoms with Crippen molar-refractivity contribution in [1.29, 1.82) is 0 Å². The highest BCUT2D eigenvalue weighted by molar-refractivity contribution is 5.75. The molecule has 0 aromatic carbocycles. The van der Waals surface area contributed by atoms with Crippen molar-refractivity contribution in [2.24, 2.45) is 0 Å². The van der Waals surface area contributed by atoms with Gasteiger partial charge in [0, 0.05) is 18.5 Å². The summed E-state index contributed by atoms with van der Waals surface area (Å²) < 4.78 is 5.55. The van der Waals surface area contributed by atoms with Crippen LogP contribution in [0, 0.1) is 0 Å². The van der Waals surface area contributed by atoms with Crippen molar-refractivity contribution in [3.05, 3.63) is 0 Å². The second kappa shape index (κ2) is 6.23. The molecule has 1 rings (SSSR count). The quantitative estimate of drug-likeness (QED) is 0.631. The first kappa shape index (κ1) is 12.7. The van der Waals surface area contributed by atoms with Crippen LogP contribution in [0.2, 0.25) is 0 Å². The molecule has 0 amide bonds. The zero-order valence-electron chi connectivity index (χ0n) is 10.2. The lowest BCUT2D eigenvalue weighted by Gasteiger charge is -2.27. The molecular weight excluding hydrogens is 190 g/mol. The predicted octanol–water partition coefficient (Wildman–Crippen LogP) is 1.85. The third-order valence-corrected chi connectivity index (χ3v) is 2.99. The zero-order chi connectivity index (χ0) is 11.3. The maximum absolute atomic E-state index is 10.7. The molecule has 0 aromatic rings. The fourth-order valence-corrected chi connectivity index (χ4v) is 2.15. The van der Waals surface area contributed by atoms with Crippen molar-refractivity contribution in [3.8, 4) is 0 Å². The predicted molar refractivity (Wildman–Crippen MR) is 61.0 cm³/mol. The summed E-state index contributed by atoms with van der Waals surface area (Å²) in [4.78, 5) is 13.2. The molecule has 0 N–H and O–H groups in total.